The van der Waals surface area contributed by atoms with Crippen LogP contribution in [0.2, 0.25) is 0 Å². The molecule has 0 unspecified atom stereocenters. The Morgan fingerprint density at radius 3 is 2.72 bits per heavy atom. The van der Waals surface area contributed by atoms with Gasteiger partial charge in [-0.2, -0.15) is 0 Å². The molecule has 2 aromatic carbocycles. The standard InChI is InChI=1S/C22H29N3/c1-5-17-9-6-12-19(15-17)24-22(23-16(2)3)25(4)21-14-8-11-18-10-7-13-20(18)21/h6,8-9,11-12,14-16H,5,7,10,13H2,1-4H3,(H,23,24). The molecular formula is C22H29N3. The molecule has 0 bridgehead atoms. The Hall–Kier alpha value is -2.29. The second kappa shape index (κ2) is 7.73. The minimum atomic E-state index is 0.232. The van der Waals surface area contributed by atoms with Crippen LogP contribution in [-0.4, -0.2) is 19.0 Å². The van der Waals surface area contributed by atoms with Crippen molar-refractivity contribution in [1.29, 1.82) is 0 Å². The third kappa shape index (κ3) is 4.04. The summed E-state index contributed by atoms with van der Waals surface area (Å²) in [5.41, 5.74) is 6.66. The number of hydrogen-bond acceptors (Lipinski definition) is 1. The molecule has 0 amide bonds. The monoisotopic (exact) mass is 335 g/mol. The van der Waals surface area contributed by atoms with Crippen LogP contribution in [0.3, 0.4) is 0 Å². The van der Waals surface area contributed by atoms with Gasteiger partial charge < -0.3 is 10.2 Å². The molecule has 0 heterocycles. The lowest BCUT2D eigenvalue weighted by Crippen LogP contribution is -2.34. The first-order chi connectivity index (χ1) is 12.1. The summed E-state index contributed by atoms with van der Waals surface area (Å²) < 4.78 is 0. The van der Waals surface area contributed by atoms with Crippen LogP contribution in [0.25, 0.3) is 0 Å². The fourth-order valence-electron chi connectivity index (χ4n) is 3.47. The number of aryl methyl sites for hydroxylation is 2. The number of nitrogens with zero attached hydrogens (tertiary/aromatic N) is 2. The lowest BCUT2D eigenvalue weighted by atomic mass is 10.1. The Kier molecular flexibility index (Phi) is 5.42. The molecule has 1 aliphatic rings. The summed E-state index contributed by atoms with van der Waals surface area (Å²) in [6.45, 7) is 6.42. The van der Waals surface area contributed by atoms with Crippen molar-refractivity contribution in [2.75, 3.05) is 17.3 Å². The lowest BCUT2D eigenvalue weighted by molar-refractivity contribution is 0.830. The Bertz CT molecular complexity index is 762. The summed E-state index contributed by atoms with van der Waals surface area (Å²) in [6, 6.07) is 15.5. The van der Waals surface area contributed by atoms with Crippen molar-refractivity contribution in [2.24, 2.45) is 4.99 Å². The highest BCUT2D eigenvalue weighted by atomic mass is 15.3. The average molecular weight is 335 g/mol. The van der Waals surface area contributed by atoms with Crippen molar-refractivity contribution in [3.63, 3.8) is 0 Å². The second-order valence-electron chi connectivity index (χ2n) is 7.05. The quantitative estimate of drug-likeness (QED) is 0.625. The van der Waals surface area contributed by atoms with Gasteiger partial charge in [-0.05, 0) is 74.4 Å². The Labute approximate surface area is 151 Å². The summed E-state index contributed by atoms with van der Waals surface area (Å²) in [5.74, 6) is 0.906. The summed E-state index contributed by atoms with van der Waals surface area (Å²) >= 11 is 0. The third-order valence-electron chi connectivity index (χ3n) is 4.77. The van der Waals surface area contributed by atoms with E-state index in [1.54, 1.807) is 0 Å². The minimum absolute atomic E-state index is 0.232. The van der Waals surface area contributed by atoms with E-state index in [9.17, 15) is 0 Å². The number of aliphatic imine (C=N–C) groups is 1. The van der Waals surface area contributed by atoms with Crippen LogP contribution in [0.1, 0.15) is 43.9 Å². The van der Waals surface area contributed by atoms with Crippen LogP contribution >= 0.6 is 0 Å². The topological polar surface area (TPSA) is 27.6 Å². The van der Waals surface area contributed by atoms with Gasteiger partial charge in [-0.25, -0.2) is 4.99 Å². The zero-order valence-corrected chi connectivity index (χ0v) is 15.8. The Balaban J connectivity index is 1.92. The number of nitrogens with one attached hydrogen (secondary N) is 1. The first-order valence-electron chi connectivity index (χ1n) is 9.36. The molecule has 3 nitrogen and oxygen atoms in total. The largest absolute Gasteiger partial charge is 0.326 e. The molecule has 2 aromatic rings. The molecule has 3 rings (SSSR count). The van der Waals surface area contributed by atoms with Crippen molar-refractivity contribution in [3.05, 3.63) is 59.2 Å². The van der Waals surface area contributed by atoms with Gasteiger partial charge in [0.1, 0.15) is 0 Å². The van der Waals surface area contributed by atoms with E-state index >= 15 is 0 Å². The number of benzene rings is 2. The van der Waals surface area contributed by atoms with Gasteiger partial charge in [-0.3, -0.25) is 0 Å². The number of fused-ring (bicyclic) bond motifs is 1. The van der Waals surface area contributed by atoms with Gasteiger partial charge >= 0.3 is 0 Å². The average Bonchev–Trinajstić information content (AvgIpc) is 3.09. The Morgan fingerprint density at radius 2 is 1.96 bits per heavy atom. The van der Waals surface area contributed by atoms with E-state index in [-0.39, 0.29) is 6.04 Å². The first kappa shape index (κ1) is 17.5. The van der Waals surface area contributed by atoms with E-state index in [2.05, 4.69) is 80.5 Å². The van der Waals surface area contributed by atoms with E-state index < -0.39 is 0 Å². The maximum atomic E-state index is 4.86. The SMILES string of the molecule is CCc1cccc(NC(=NC(C)C)N(C)c2cccc3c2CCC3)c1. The molecule has 1 N–H and O–H groups in total. The molecule has 3 heteroatoms. The van der Waals surface area contributed by atoms with Crippen molar-refractivity contribution < 1.29 is 0 Å². The van der Waals surface area contributed by atoms with Gasteiger partial charge in [0.15, 0.2) is 0 Å². The second-order valence-corrected chi connectivity index (χ2v) is 7.05. The first-order valence-corrected chi connectivity index (χ1v) is 9.36. The third-order valence-corrected chi connectivity index (χ3v) is 4.77. The molecule has 0 aromatic heterocycles. The van der Waals surface area contributed by atoms with Gasteiger partial charge in [0, 0.05) is 24.5 Å². The van der Waals surface area contributed by atoms with Crippen molar-refractivity contribution >= 4 is 17.3 Å². The van der Waals surface area contributed by atoms with Gasteiger partial charge in [0.25, 0.3) is 0 Å². The van der Waals surface area contributed by atoms with Crippen LogP contribution in [0.5, 0.6) is 0 Å². The van der Waals surface area contributed by atoms with Crippen LogP contribution in [0.15, 0.2) is 47.5 Å². The molecule has 0 saturated carbocycles. The van der Waals surface area contributed by atoms with Gasteiger partial charge in [0.05, 0.1) is 0 Å². The molecule has 0 fully saturated rings. The fraction of sp³-hybridized carbons (Fsp3) is 0.409. The number of rotatable bonds is 4. The van der Waals surface area contributed by atoms with Crippen LogP contribution in [0, 0.1) is 0 Å². The highest BCUT2D eigenvalue weighted by Crippen LogP contribution is 2.31. The predicted octanol–water partition coefficient (Wildman–Crippen LogP) is 5.05. The zero-order valence-electron chi connectivity index (χ0n) is 15.8. The highest BCUT2D eigenvalue weighted by molar-refractivity contribution is 6.05. The number of anilines is 2. The van der Waals surface area contributed by atoms with Crippen LogP contribution < -0.4 is 10.2 Å². The molecule has 0 atom stereocenters. The molecule has 0 aliphatic heterocycles. The maximum absolute atomic E-state index is 4.86. The van der Waals surface area contributed by atoms with E-state index in [0.29, 0.717) is 0 Å². The van der Waals surface area contributed by atoms with E-state index in [1.165, 1.54) is 35.2 Å². The highest BCUT2D eigenvalue weighted by Gasteiger charge is 2.19. The molecule has 25 heavy (non-hydrogen) atoms. The molecular weight excluding hydrogens is 306 g/mol. The molecule has 0 saturated heterocycles. The van der Waals surface area contributed by atoms with Crippen LogP contribution in [-0.2, 0) is 19.3 Å². The summed E-state index contributed by atoms with van der Waals surface area (Å²) in [6.07, 6.45) is 4.65. The summed E-state index contributed by atoms with van der Waals surface area (Å²) in [7, 11) is 2.12. The summed E-state index contributed by atoms with van der Waals surface area (Å²) in [5, 5.41) is 3.55. The smallest absolute Gasteiger partial charge is 0.203 e. The van der Waals surface area contributed by atoms with Crippen molar-refractivity contribution in [2.45, 2.75) is 52.5 Å². The van der Waals surface area contributed by atoms with Gasteiger partial charge in [0.2, 0.25) is 5.96 Å². The zero-order chi connectivity index (χ0) is 17.8. The van der Waals surface area contributed by atoms with Crippen molar-refractivity contribution in [3.8, 4) is 0 Å². The van der Waals surface area contributed by atoms with E-state index in [0.717, 1.165) is 24.5 Å². The maximum Gasteiger partial charge on any atom is 0.203 e. The van der Waals surface area contributed by atoms with Crippen LogP contribution in [0.4, 0.5) is 11.4 Å². The van der Waals surface area contributed by atoms with E-state index in [4.69, 9.17) is 4.99 Å². The summed E-state index contributed by atoms with van der Waals surface area (Å²) in [4.78, 5) is 7.07. The minimum Gasteiger partial charge on any atom is -0.326 e. The predicted molar refractivity (Wildman–Crippen MR) is 109 cm³/mol. The molecule has 0 radical (unpaired) electrons. The molecule has 1 aliphatic carbocycles. The van der Waals surface area contributed by atoms with Gasteiger partial charge in [-0.1, -0.05) is 31.2 Å². The lowest BCUT2D eigenvalue weighted by Gasteiger charge is -2.26. The van der Waals surface area contributed by atoms with E-state index in [1.807, 2.05) is 0 Å². The molecule has 132 valence electrons. The Morgan fingerprint density at radius 1 is 1.16 bits per heavy atom. The van der Waals surface area contributed by atoms with Crippen molar-refractivity contribution in [1.82, 2.24) is 0 Å². The fourth-order valence-corrected chi connectivity index (χ4v) is 3.47. The van der Waals surface area contributed by atoms with Gasteiger partial charge in [-0.15, -0.1) is 0 Å². The molecule has 0 spiro atoms. The normalized spacial score (nSPS) is 13.9. The number of hydrogen-bond donors (Lipinski definition) is 1. The number of guanidine groups is 1.